The standard InChI is InChI=1S/C14H18FNO3/c15-14(6-8-19-9-7-14)12(13(17)18)16-10-11-4-2-1-3-5-11/h1-5,12,16H,6-10H2,(H,17,18)/t12-/m0/s1. The van der Waals surface area contributed by atoms with Crippen molar-refractivity contribution in [1.29, 1.82) is 0 Å². The van der Waals surface area contributed by atoms with Crippen LogP contribution in [0.2, 0.25) is 0 Å². The number of halogens is 1. The molecule has 1 heterocycles. The molecule has 2 N–H and O–H groups in total. The summed E-state index contributed by atoms with van der Waals surface area (Å²) in [5.74, 6) is -1.15. The lowest BCUT2D eigenvalue weighted by molar-refractivity contribution is -0.147. The number of ether oxygens (including phenoxy) is 1. The van der Waals surface area contributed by atoms with E-state index in [0.29, 0.717) is 6.54 Å². The minimum absolute atomic E-state index is 0.117. The molecule has 0 saturated carbocycles. The summed E-state index contributed by atoms with van der Waals surface area (Å²) < 4.78 is 19.8. The van der Waals surface area contributed by atoms with Crippen LogP contribution in [0.15, 0.2) is 30.3 Å². The number of carboxylic acids is 1. The van der Waals surface area contributed by atoms with Crippen LogP contribution in [0.4, 0.5) is 4.39 Å². The zero-order chi connectivity index (χ0) is 13.7. The number of nitrogens with one attached hydrogen (secondary N) is 1. The van der Waals surface area contributed by atoms with Crippen molar-refractivity contribution in [3.63, 3.8) is 0 Å². The van der Waals surface area contributed by atoms with Crippen LogP contribution in [-0.2, 0) is 16.1 Å². The second-order valence-electron chi connectivity index (χ2n) is 4.78. The molecule has 104 valence electrons. The van der Waals surface area contributed by atoms with Gasteiger partial charge >= 0.3 is 5.97 Å². The quantitative estimate of drug-likeness (QED) is 0.853. The van der Waals surface area contributed by atoms with Crippen molar-refractivity contribution in [3.05, 3.63) is 35.9 Å². The Morgan fingerprint density at radius 2 is 2.00 bits per heavy atom. The van der Waals surface area contributed by atoms with E-state index >= 15 is 0 Å². The van der Waals surface area contributed by atoms with E-state index in [1.807, 2.05) is 30.3 Å². The molecule has 0 amide bonds. The van der Waals surface area contributed by atoms with Gasteiger partial charge in [-0.05, 0) is 5.56 Å². The van der Waals surface area contributed by atoms with Gasteiger partial charge in [0.2, 0.25) is 0 Å². The van der Waals surface area contributed by atoms with Crippen LogP contribution in [-0.4, -0.2) is 36.0 Å². The lowest BCUT2D eigenvalue weighted by Crippen LogP contribution is -2.54. The third kappa shape index (κ3) is 3.52. The lowest BCUT2D eigenvalue weighted by atomic mass is 9.88. The number of aliphatic carboxylic acids is 1. The number of hydrogen-bond acceptors (Lipinski definition) is 3. The molecule has 0 spiro atoms. The Hall–Kier alpha value is -1.46. The molecule has 2 rings (SSSR count). The molecule has 4 nitrogen and oxygen atoms in total. The summed E-state index contributed by atoms with van der Waals surface area (Å²) in [5, 5.41) is 12.0. The zero-order valence-electron chi connectivity index (χ0n) is 10.6. The molecule has 1 fully saturated rings. The fourth-order valence-electron chi connectivity index (χ4n) is 2.31. The Bertz CT molecular complexity index is 418. The van der Waals surface area contributed by atoms with Gasteiger partial charge < -0.3 is 9.84 Å². The minimum Gasteiger partial charge on any atom is -0.480 e. The predicted octanol–water partition coefficient (Wildman–Crippen LogP) is 1.75. The van der Waals surface area contributed by atoms with E-state index in [1.165, 1.54) is 0 Å². The monoisotopic (exact) mass is 267 g/mol. The first-order valence-electron chi connectivity index (χ1n) is 6.38. The summed E-state index contributed by atoms with van der Waals surface area (Å²) in [6.45, 7) is 0.880. The van der Waals surface area contributed by atoms with Crippen LogP contribution < -0.4 is 5.32 Å². The van der Waals surface area contributed by atoms with Gasteiger partial charge in [-0.3, -0.25) is 10.1 Å². The Morgan fingerprint density at radius 1 is 1.37 bits per heavy atom. The second-order valence-corrected chi connectivity index (χ2v) is 4.78. The maximum absolute atomic E-state index is 14.7. The Labute approximate surface area is 111 Å². The largest absolute Gasteiger partial charge is 0.480 e. The molecule has 0 bridgehead atoms. The van der Waals surface area contributed by atoms with Crippen LogP contribution in [0, 0.1) is 0 Å². The normalized spacial score (nSPS) is 19.8. The van der Waals surface area contributed by atoms with Gasteiger partial charge in [0.05, 0.1) is 0 Å². The van der Waals surface area contributed by atoms with Gasteiger partial charge in [-0.15, -0.1) is 0 Å². The minimum atomic E-state index is -1.74. The maximum Gasteiger partial charge on any atom is 0.324 e. The van der Waals surface area contributed by atoms with Crippen molar-refractivity contribution in [2.75, 3.05) is 13.2 Å². The molecule has 0 radical (unpaired) electrons. The summed E-state index contributed by atoms with van der Waals surface area (Å²) in [4.78, 5) is 11.3. The molecular formula is C14H18FNO3. The number of rotatable bonds is 5. The first-order valence-corrected chi connectivity index (χ1v) is 6.38. The fraction of sp³-hybridized carbons (Fsp3) is 0.500. The number of carbonyl (C=O) groups is 1. The van der Waals surface area contributed by atoms with Gasteiger partial charge in [0.15, 0.2) is 0 Å². The molecular weight excluding hydrogens is 249 g/mol. The highest BCUT2D eigenvalue weighted by Gasteiger charge is 2.44. The van der Waals surface area contributed by atoms with Gasteiger partial charge in [-0.1, -0.05) is 30.3 Å². The van der Waals surface area contributed by atoms with Crippen LogP contribution in [0.5, 0.6) is 0 Å². The average molecular weight is 267 g/mol. The summed E-state index contributed by atoms with van der Waals surface area (Å²) in [6.07, 6.45) is 0.234. The summed E-state index contributed by atoms with van der Waals surface area (Å²) >= 11 is 0. The summed E-state index contributed by atoms with van der Waals surface area (Å²) in [6, 6.07) is 8.17. The molecule has 5 heteroatoms. The second kappa shape index (κ2) is 6.12. The highest BCUT2D eigenvalue weighted by molar-refractivity contribution is 5.75. The molecule has 19 heavy (non-hydrogen) atoms. The lowest BCUT2D eigenvalue weighted by Gasteiger charge is -2.34. The van der Waals surface area contributed by atoms with Crippen molar-refractivity contribution in [2.45, 2.75) is 31.1 Å². The van der Waals surface area contributed by atoms with Crippen LogP contribution >= 0.6 is 0 Å². The van der Waals surface area contributed by atoms with Crippen molar-refractivity contribution >= 4 is 5.97 Å². The summed E-state index contributed by atoms with van der Waals surface area (Å²) in [5.41, 5.74) is -0.803. The zero-order valence-corrected chi connectivity index (χ0v) is 10.6. The number of alkyl halides is 1. The smallest absolute Gasteiger partial charge is 0.324 e. The van der Waals surface area contributed by atoms with Gasteiger partial charge in [0, 0.05) is 32.6 Å². The third-order valence-corrected chi connectivity index (χ3v) is 3.44. The topological polar surface area (TPSA) is 58.6 Å². The van der Waals surface area contributed by atoms with E-state index in [4.69, 9.17) is 4.74 Å². The van der Waals surface area contributed by atoms with Crippen molar-refractivity contribution in [2.24, 2.45) is 0 Å². The molecule has 1 aliphatic rings. The highest BCUT2D eigenvalue weighted by atomic mass is 19.1. The van der Waals surface area contributed by atoms with E-state index in [2.05, 4.69) is 5.32 Å². The Balaban J connectivity index is 2.02. The molecule has 1 saturated heterocycles. The van der Waals surface area contributed by atoms with Gasteiger partial charge in [0.25, 0.3) is 0 Å². The molecule has 1 atom stereocenters. The van der Waals surface area contributed by atoms with Crippen LogP contribution in [0.25, 0.3) is 0 Å². The Kier molecular flexibility index (Phi) is 4.50. The molecule has 1 aromatic carbocycles. The fourth-order valence-corrected chi connectivity index (χ4v) is 2.31. The van der Waals surface area contributed by atoms with Crippen LogP contribution in [0.3, 0.4) is 0 Å². The average Bonchev–Trinajstić information content (AvgIpc) is 2.40. The van der Waals surface area contributed by atoms with E-state index in [-0.39, 0.29) is 26.1 Å². The van der Waals surface area contributed by atoms with Gasteiger partial charge in [0.1, 0.15) is 11.7 Å². The third-order valence-electron chi connectivity index (χ3n) is 3.44. The van der Waals surface area contributed by atoms with E-state index in [9.17, 15) is 14.3 Å². The SMILES string of the molecule is O=C(O)[C@H](NCc1ccccc1)C1(F)CCOCC1. The van der Waals surface area contributed by atoms with E-state index in [1.54, 1.807) is 0 Å². The first-order chi connectivity index (χ1) is 9.12. The molecule has 0 unspecified atom stereocenters. The number of benzene rings is 1. The summed E-state index contributed by atoms with van der Waals surface area (Å²) in [7, 11) is 0. The molecule has 1 aromatic rings. The maximum atomic E-state index is 14.7. The first kappa shape index (κ1) is 14.0. The molecule has 0 aromatic heterocycles. The molecule has 1 aliphatic heterocycles. The predicted molar refractivity (Wildman–Crippen MR) is 68.6 cm³/mol. The Morgan fingerprint density at radius 3 is 2.58 bits per heavy atom. The van der Waals surface area contributed by atoms with Crippen molar-refractivity contribution in [3.8, 4) is 0 Å². The number of carboxylic acid groups (broad SMARTS) is 1. The van der Waals surface area contributed by atoms with E-state index < -0.39 is 17.7 Å². The van der Waals surface area contributed by atoms with Gasteiger partial charge in [-0.25, -0.2) is 4.39 Å². The number of hydrogen-bond donors (Lipinski definition) is 2. The highest BCUT2D eigenvalue weighted by Crippen LogP contribution is 2.29. The molecule has 0 aliphatic carbocycles. The van der Waals surface area contributed by atoms with E-state index in [0.717, 1.165) is 5.56 Å². The van der Waals surface area contributed by atoms with Crippen LogP contribution in [0.1, 0.15) is 18.4 Å². The van der Waals surface area contributed by atoms with Crippen molar-refractivity contribution in [1.82, 2.24) is 5.32 Å². The van der Waals surface area contributed by atoms with Gasteiger partial charge in [-0.2, -0.15) is 0 Å². The van der Waals surface area contributed by atoms with Crippen molar-refractivity contribution < 1.29 is 19.0 Å².